The molecule has 1 aromatic carbocycles. The van der Waals surface area contributed by atoms with Gasteiger partial charge in [-0.2, -0.15) is 0 Å². The Kier molecular flexibility index (Phi) is 5.75. The standard InChI is InChI=1S/C14H23O4P/c1-10(2)7-13-8-12(9-18-19(15,16)17)5-6-14(13)11(3)4/h5-6,8,10-11H,7,9H2,1-4H3,(H2,15,16,17). The number of hydrogen-bond donors (Lipinski definition) is 2. The maximum atomic E-state index is 10.7. The predicted octanol–water partition coefficient (Wildman–Crippen LogP) is 3.62. The van der Waals surface area contributed by atoms with Crippen LogP contribution in [0.1, 0.15) is 50.3 Å². The van der Waals surface area contributed by atoms with Crippen molar-refractivity contribution in [2.24, 2.45) is 5.92 Å². The highest BCUT2D eigenvalue weighted by molar-refractivity contribution is 7.46. The van der Waals surface area contributed by atoms with Gasteiger partial charge in [0.1, 0.15) is 0 Å². The topological polar surface area (TPSA) is 66.8 Å². The van der Waals surface area contributed by atoms with Gasteiger partial charge in [0.15, 0.2) is 0 Å². The molecule has 1 aromatic rings. The predicted molar refractivity (Wildman–Crippen MR) is 75.9 cm³/mol. The lowest BCUT2D eigenvalue weighted by Crippen LogP contribution is -2.03. The normalized spacial score (nSPS) is 12.4. The molecule has 1 rings (SSSR count). The summed E-state index contributed by atoms with van der Waals surface area (Å²) in [6, 6.07) is 5.89. The van der Waals surface area contributed by atoms with Gasteiger partial charge in [-0.25, -0.2) is 4.57 Å². The molecule has 0 aliphatic carbocycles. The molecule has 0 aliphatic rings. The Hall–Kier alpha value is -0.670. The molecule has 108 valence electrons. The van der Waals surface area contributed by atoms with E-state index in [2.05, 4.69) is 32.2 Å². The first kappa shape index (κ1) is 16.4. The molecule has 0 saturated carbocycles. The molecular weight excluding hydrogens is 263 g/mol. The van der Waals surface area contributed by atoms with Gasteiger partial charge in [-0.3, -0.25) is 4.52 Å². The highest BCUT2D eigenvalue weighted by Crippen LogP contribution is 2.37. The summed E-state index contributed by atoms with van der Waals surface area (Å²) in [4.78, 5) is 17.5. The molecule has 0 aromatic heterocycles. The fourth-order valence-electron chi connectivity index (χ4n) is 2.09. The quantitative estimate of drug-likeness (QED) is 0.784. The number of rotatable bonds is 6. The first-order valence-corrected chi connectivity index (χ1v) is 8.04. The van der Waals surface area contributed by atoms with E-state index in [1.807, 2.05) is 18.2 Å². The summed E-state index contributed by atoms with van der Waals surface area (Å²) in [6.45, 7) is 8.54. The SMILES string of the molecule is CC(C)Cc1cc(COP(=O)(O)O)ccc1C(C)C. The second-order valence-electron chi connectivity index (χ2n) is 5.55. The van der Waals surface area contributed by atoms with Crippen molar-refractivity contribution in [1.82, 2.24) is 0 Å². The summed E-state index contributed by atoms with van der Waals surface area (Å²) in [5.41, 5.74) is 3.31. The average Bonchev–Trinajstić information content (AvgIpc) is 2.24. The van der Waals surface area contributed by atoms with Gasteiger partial charge in [0.05, 0.1) is 6.61 Å². The van der Waals surface area contributed by atoms with Crippen molar-refractivity contribution < 1.29 is 18.9 Å². The summed E-state index contributed by atoms with van der Waals surface area (Å²) in [5, 5.41) is 0. The molecule has 5 heteroatoms. The van der Waals surface area contributed by atoms with Crippen molar-refractivity contribution in [3.63, 3.8) is 0 Å². The zero-order chi connectivity index (χ0) is 14.6. The molecular formula is C14H23O4P. The molecule has 0 saturated heterocycles. The largest absolute Gasteiger partial charge is 0.469 e. The van der Waals surface area contributed by atoms with Gasteiger partial charge in [-0.05, 0) is 34.9 Å². The monoisotopic (exact) mass is 286 g/mol. The van der Waals surface area contributed by atoms with Crippen molar-refractivity contribution >= 4 is 7.82 Å². The van der Waals surface area contributed by atoms with Crippen LogP contribution < -0.4 is 0 Å². The van der Waals surface area contributed by atoms with E-state index in [9.17, 15) is 4.57 Å². The molecule has 2 N–H and O–H groups in total. The molecule has 0 spiro atoms. The van der Waals surface area contributed by atoms with Crippen LogP contribution in [-0.4, -0.2) is 9.79 Å². The molecule has 0 atom stereocenters. The number of phosphoric acid groups is 1. The maximum Gasteiger partial charge on any atom is 0.469 e. The van der Waals surface area contributed by atoms with Crippen LogP contribution in [0, 0.1) is 5.92 Å². The Morgan fingerprint density at radius 1 is 1.21 bits per heavy atom. The van der Waals surface area contributed by atoms with Crippen molar-refractivity contribution in [1.29, 1.82) is 0 Å². The zero-order valence-corrected chi connectivity index (χ0v) is 12.9. The van der Waals surface area contributed by atoms with Crippen molar-refractivity contribution in [3.8, 4) is 0 Å². The number of benzene rings is 1. The fraction of sp³-hybridized carbons (Fsp3) is 0.571. The van der Waals surface area contributed by atoms with Gasteiger partial charge in [-0.15, -0.1) is 0 Å². The van der Waals surface area contributed by atoms with Crippen LogP contribution in [0.4, 0.5) is 0 Å². The van der Waals surface area contributed by atoms with E-state index in [1.165, 1.54) is 11.1 Å². The van der Waals surface area contributed by atoms with Crippen LogP contribution in [0.5, 0.6) is 0 Å². The van der Waals surface area contributed by atoms with Crippen molar-refractivity contribution in [2.45, 2.75) is 46.6 Å². The minimum atomic E-state index is -4.40. The minimum absolute atomic E-state index is 0.0618. The molecule has 4 nitrogen and oxygen atoms in total. The molecule has 0 fully saturated rings. The Bertz CT molecular complexity index is 463. The molecule has 0 heterocycles. The molecule has 0 aliphatic heterocycles. The molecule has 0 bridgehead atoms. The summed E-state index contributed by atoms with van der Waals surface area (Å²) in [6.07, 6.45) is 0.956. The summed E-state index contributed by atoms with van der Waals surface area (Å²) in [5.74, 6) is 0.973. The third-order valence-corrected chi connectivity index (χ3v) is 3.32. The van der Waals surface area contributed by atoms with Crippen LogP contribution in [0.3, 0.4) is 0 Å². The molecule has 0 unspecified atom stereocenters. The molecule has 0 radical (unpaired) electrons. The van der Waals surface area contributed by atoms with E-state index in [4.69, 9.17) is 9.79 Å². The smallest absolute Gasteiger partial charge is 0.303 e. The Labute approximate surface area is 115 Å². The van der Waals surface area contributed by atoms with E-state index < -0.39 is 7.82 Å². The zero-order valence-electron chi connectivity index (χ0n) is 12.0. The highest BCUT2D eigenvalue weighted by atomic mass is 31.2. The van der Waals surface area contributed by atoms with Gasteiger partial charge in [-0.1, -0.05) is 45.9 Å². The molecule has 19 heavy (non-hydrogen) atoms. The maximum absolute atomic E-state index is 10.7. The van der Waals surface area contributed by atoms with Gasteiger partial charge in [0.2, 0.25) is 0 Å². The van der Waals surface area contributed by atoms with E-state index in [1.54, 1.807) is 0 Å². The van der Waals surface area contributed by atoms with E-state index in [0.717, 1.165) is 12.0 Å². The third-order valence-electron chi connectivity index (χ3n) is 2.86. The lowest BCUT2D eigenvalue weighted by atomic mass is 9.90. The van der Waals surface area contributed by atoms with Gasteiger partial charge >= 0.3 is 7.82 Å². The van der Waals surface area contributed by atoms with Crippen molar-refractivity contribution in [3.05, 3.63) is 34.9 Å². The van der Waals surface area contributed by atoms with Gasteiger partial charge in [0, 0.05) is 0 Å². The highest BCUT2D eigenvalue weighted by Gasteiger charge is 2.15. The lowest BCUT2D eigenvalue weighted by molar-refractivity contribution is 0.189. The fourth-order valence-corrected chi connectivity index (χ4v) is 2.40. The third kappa shape index (κ3) is 5.87. The van der Waals surface area contributed by atoms with Crippen molar-refractivity contribution in [2.75, 3.05) is 0 Å². The van der Waals surface area contributed by atoms with Crippen LogP contribution in [0.2, 0.25) is 0 Å². The second-order valence-corrected chi connectivity index (χ2v) is 6.79. The first-order valence-electron chi connectivity index (χ1n) is 6.51. The summed E-state index contributed by atoms with van der Waals surface area (Å²) in [7, 11) is -4.40. The van der Waals surface area contributed by atoms with E-state index >= 15 is 0 Å². The number of hydrogen-bond acceptors (Lipinski definition) is 2. The first-order chi connectivity index (χ1) is 8.69. The molecule has 0 amide bonds. The minimum Gasteiger partial charge on any atom is -0.303 e. The average molecular weight is 286 g/mol. The Balaban J connectivity index is 2.94. The Morgan fingerprint density at radius 3 is 2.32 bits per heavy atom. The van der Waals surface area contributed by atoms with Gasteiger partial charge < -0.3 is 9.79 Å². The summed E-state index contributed by atoms with van der Waals surface area (Å²) < 4.78 is 15.3. The summed E-state index contributed by atoms with van der Waals surface area (Å²) >= 11 is 0. The van der Waals surface area contributed by atoms with Crippen LogP contribution >= 0.6 is 7.82 Å². The second kappa shape index (κ2) is 6.67. The number of phosphoric ester groups is 1. The van der Waals surface area contributed by atoms with Crippen LogP contribution in [0.15, 0.2) is 18.2 Å². The van der Waals surface area contributed by atoms with E-state index in [0.29, 0.717) is 11.8 Å². The van der Waals surface area contributed by atoms with Gasteiger partial charge in [0.25, 0.3) is 0 Å². The Morgan fingerprint density at radius 2 is 1.84 bits per heavy atom. The van der Waals surface area contributed by atoms with E-state index in [-0.39, 0.29) is 6.61 Å². The lowest BCUT2D eigenvalue weighted by Gasteiger charge is -2.16. The van der Waals surface area contributed by atoms with Crippen LogP contribution in [-0.2, 0) is 22.1 Å². The van der Waals surface area contributed by atoms with Crippen LogP contribution in [0.25, 0.3) is 0 Å².